The molecule has 0 saturated heterocycles. The molecule has 0 aliphatic carbocycles. The lowest BCUT2D eigenvalue weighted by Crippen LogP contribution is -1.99. The lowest BCUT2D eigenvalue weighted by molar-refractivity contribution is -0.384. The third-order valence-corrected chi connectivity index (χ3v) is 3.56. The Balaban J connectivity index is 2.26. The average Bonchev–Trinajstić information content (AvgIpc) is 2.66. The Labute approximate surface area is 151 Å². The number of hydrogen-bond acceptors (Lipinski definition) is 6. The molecule has 0 bridgehead atoms. The van der Waals surface area contributed by atoms with Crippen LogP contribution in [0.5, 0.6) is 17.2 Å². The van der Waals surface area contributed by atoms with Crippen molar-refractivity contribution in [2.45, 2.75) is 6.92 Å². The van der Waals surface area contributed by atoms with Crippen LogP contribution < -0.4 is 14.2 Å². The molecule has 0 saturated carbocycles. The van der Waals surface area contributed by atoms with Gasteiger partial charge in [-0.25, -0.2) is 0 Å². The van der Waals surface area contributed by atoms with Crippen LogP contribution in [0.25, 0.3) is 6.08 Å². The summed E-state index contributed by atoms with van der Waals surface area (Å²) in [6, 6.07) is 8.89. The van der Waals surface area contributed by atoms with Crippen LogP contribution in [0.2, 0.25) is 0 Å². The summed E-state index contributed by atoms with van der Waals surface area (Å²) < 4.78 is 16.2. The third kappa shape index (κ3) is 4.38. The second-order valence-corrected chi connectivity index (χ2v) is 5.19. The molecule has 0 N–H and O–H groups in total. The van der Waals surface area contributed by atoms with Crippen LogP contribution in [0.15, 0.2) is 42.5 Å². The summed E-state index contributed by atoms with van der Waals surface area (Å²) in [7, 11) is 3.04. The molecule has 0 aliphatic rings. The zero-order valence-electron chi connectivity index (χ0n) is 14.7. The minimum absolute atomic E-state index is 0.0634. The fourth-order valence-electron chi connectivity index (χ4n) is 2.30. The molecule has 0 amide bonds. The van der Waals surface area contributed by atoms with E-state index in [-0.39, 0.29) is 11.5 Å². The van der Waals surface area contributed by atoms with Gasteiger partial charge in [0.15, 0.2) is 17.3 Å². The lowest BCUT2D eigenvalue weighted by atomic mass is 10.1. The van der Waals surface area contributed by atoms with Crippen molar-refractivity contribution in [1.82, 2.24) is 0 Å². The Morgan fingerprint density at radius 2 is 1.69 bits per heavy atom. The van der Waals surface area contributed by atoms with E-state index in [9.17, 15) is 14.9 Å². The second kappa shape index (κ2) is 8.66. The van der Waals surface area contributed by atoms with Crippen LogP contribution in [0.3, 0.4) is 0 Å². The molecule has 2 aromatic rings. The summed E-state index contributed by atoms with van der Waals surface area (Å²) in [4.78, 5) is 22.4. The molecular weight excluding hydrogens is 338 g/mol. The molecule has 0 aromatic heterocycles. The van der Waals surface area contributed by atoms with E-state index >= 15 is 0 Å². The molecule has 0 unspecified atom stereocenters. The number of carbonyl (C=O) groups is 1. The molecule has 2 rings (SSSR count). The molecule has 0 atom stereocenters. The third-order valence-electron chi connectivity index (χ3n) is 3.56. The van der Waals surface area contributed by atoms with Gasteiger partial charge in [0.25, 0.3) is 5.69 Å². The quantitative estimate of drug-likeness (QED) is 0.308. The summed E-state index contributed by atoms with van der Waals surface area (Å²) in [6.07, 6.45) is 3.00. The van der Waals surface area contributed by atoms with Crippen molar-refractivity contribution in [2.24, 2.45) is 0 Å². The number of nitro benzene ring substituents is 1. The zero-order chi connectivity index (χ0) is 19.1. The van der Waals surface area contributed by atoms with E-state index in [4.69, 9.17) is 14.2 Å². The highest BCUT2D eigenvalue weighted by molar-refractivity contribution is 6.06. The first-order valence-corrected chi connectivity index (χ1v) is 7.85. The van der Waals surface area contributed by atoms with Gasteiger partial charge in [-0.3, -0.25) is 14.9 Å². The van der Waals surface area contributed by atoms with E-state index in [2.05, 4.69) is 0 Å². The van der Waals surface area contributed by atoms with E-state index in [0.29, 0.717) is 35.0 Å². The minimum Gasteiger partial charge on any atom is -0.493 e. The lowest BCUT2D eigenvalue weighted by Gasteiger charge is -2.14. The van der Waals surface area contributed by atoms with Crippen molar-refractivity contribution in [3.05, 3.63) is 63.7 Å². The number of nitro groups is 1. The SMILES string of the molecule is CCOc1c(OC)cc(C=CC(=O)c2ccc([N+](=O)[O-])cc2)cc1OC. The van der Waals surface area contributed by atoms with Crippen molar-refractivity contribution in [2.75, 3.05) is 20.8 Å². The van der Waals surface area contributed by atoms with Crippen LogP contribution >= 0.6 is 0 Å². The predicted octanol–water partition coefficient (Wildman–Crippen LogP) is 3.91. The van der Waals surface area contributed by atoms with Crippen molar-refractivity contribution in [3.63, 3.8) is 0 Å². The number of ketones is 1. The Morgan fingerprint density at radius 3 is 2.15 bits per heavy atom. The Morgan fingerprint density at radius 1 is 1.12 bits per heavy atom. The molecule has 0 fully saturated rings. The van der Waals surface area contributed by atoms with Crippen LogP contribution in [0, 0.1) is 10.1 Å². The van der Waals surface area contributed by atoms with Gasteiger partial charge in [-0.15, -0.1) is 0 Å². The molecule has 26 heavy (non-hydrogen) atoms. The monoisotopic (exact) mass is 357 g/mol. The van der Waals surface area contributed by atoms with E-state index in [0.717, 1.165) is 0 Å². The highest BCUT2D eigenvalue weighted by Gasteiger charge is 2.13. The van der Waals surface area contributed by atoms with Gasteiger partial charge in [0.05, 0.1) is 25.7 Å². The highest BCUT2D eigenvalue weighted by atomic mass is 16.6. The number of methoxy groups -OCH3 is 2. The van der Waals surface area contributed by atoms with Gasteiger partial charge in [0, 0.05) is 17.7 Å². The molecule has 136 valence electrons. The second-order valence-electron chi connectivity index (χ2n) is 5.19. The summed E-state index contributed by atoms with van der Waals surface area (Å²) in [5.41, 5.74) is 0.987. The maximum Gasteiger partial charge on any atom is 0.269 e. The first-order valence-electron chi connectivity index (χ1n) is 7.85. The minimum atomic E-state index is -0.511. The van der Waals surface area contributed by atoms with Crippen LogP contribution in [-0.4, -0.2) is 31.5 Å². The van der Waals surface area contributed by atoms with Crippen molar-refractivity contribution < 1.29 is 23.9 Å². The summed E-state index contributed by atoms with van der Waals surface area (Å²) in [5.74, 6) is 1.21. The molecule has 0 aliphatic heterocycles. The molecule has 2 aromatic carbocycles. The number of non-ortho nitro benzene ring substituents is 1. The Bertz CT molecular complexity index is 801. The number of allylic oxidation sites excluding steroid dienone is 1. The highest BCUT2D eigenvalue weighted by Crippen LogP contribution is 2.38. The van der Waals surface area contributed by atoms with E-state index < -0.39 is 4.92 Å². The fourth-order valence-corrected chi connectivity index (χ4v) is 2.30. The topological polar surface area (TPSA) is 87.9 Å². The number of ether oxygens (including phenoxy) is 3. The van der Waals surface area contributed by atoms with Gasteiger partial charge in [-0.1, -0.05) is 6.08 Å². The smallest absolute Gasteiger partial charge is 0.269 e. The number of benzene rings is 2. The van der Waals surface area contributed by atoms with E-state index in [1.165, 1.54) is 44.6 Å². The molecule has 0 spiro atoms. The van der Waals surface area contributed by atoms with Crippen LogP contribution in [-0.2, 0) is 0 Å². The number of hydrogen-bond donors (Lipinski definition) is 0. The molecular formula is C19H19NO6. The number of carbonyl (C=O) groups excluding carboxylic acids is 1. The van der Waals surface area contributed by atoms with Gasteiger partial charge in [-0.05, 0) is 42.8 Å². The summed E-state index contributed by atoms with van der Waals surface area (Å²) in [6.45, 7) is 2.32. The van der Waals surface area contributed by atoms with Crippen LogP contribution in [0.1, 0.15) is 22.8 Å². The maximum absolute atomic E-state index is 12.2. The van der Waals surface area contributed by atoms with Crippen molar-refractivity contribution in [3.8, 4) is 17.2 Å². The summed E-state index contributed by atoms with van der Waals surface area (Å²) >= 11 is 0. The zero-order valence-corrected chi connectivity index (χ0v) is 14.7. The van der Waals surface area contributed by atoms with E-state index in [1.807, 2.05) is 6.92 Å². The number of nitrogens with zero attached hydrogens (tertiary/aromatic N) is 1. The van der Waals surface area contributed by atoms with Crippen LogP contribution in [0.4, 0.5) is 5.69 Å². The van der Waals surface area contributed by atoms with Gasteiger partial charge < -0.3 is 14.2 Å². The van der Waals surface area contributed by atoms with Gasteiger partial charge in [-0.2, -0.15) is 0 Å². The first kappa shape index (κ1) is 19.0. The maximum atomic E-state index is 12.2. The van der Waals surface area contributed by atoms with Crippen molar-refractivity contribution in [1.29, 1.82) is 0 Å². The fraction of sp³-hybridized carbons (Fsp3) is 0.211. The molecule has 7 heteroatoms. The molecule has 7 nitrogen and oxygen atoms in total. The summed E-state index contributed by atoms with van der Waals surface area (Å²) in [5, 5.41) is 10.7. The normalized spacial score (nSPS) is 10.6. The largest absolute Gasteiger partial charge is 0.493 e. The Kier molecular flexibility index (Phi) is 6.32. The van der Waals surface area contributed by atoms with Gasteiger partial charge in [0.2, 0.25) is 5.75 Å². The predicted molar refractivity (Wildman–Crippen MR) is 97.2 cm³/mol. The molecule has 0 radical (unpaired) electrons. The standard InChI is InChI=1S/C19H19NO6/c1-4-26-19-17(24-2)11-13(12-18(19)25-3)5-10-16(21)14-6-8-15(9-7-14)20(22)23/h5-12H,4H2,1-3H3. The van der Waals surface area contributed by atoms with Gasteiger partial charge >= 0.3 is 0 Å². The van der Waals surface area contributed by atoms with Crippen molar-refractivity contribution >= 4 is 17.5 Å². The average molecular weight is 357 g/mol. The number of rotatable bonds is 8. The molecule has 0 heterocycles. The van der Waals surface area contributed by atoms with Gasteiger partial charge in [0.1, 0.15) is 0 Å². The van der Waals surface area contributed by atoms with E-state index in [1.54, 1.807) is 18.2 Å². The Hall–Kier alpha value is -3.35. The first-order chi connectivity index (χ1) is 12.5.